The Morgan fingerprint density at radius 2 is 1.79 bits per heavy atom. The average Bonchev–Trinajstić information content (AvgIpc) is 3.22. The van der Waals surface area contributed by atoms with Gasteiger partial charge in [0.25, 0.3) is 11.8 Å². The van der Waals surface area contributed by atoms with Gasteiger partial charge in [-0.05, 0) is 35.9 Å². The summed E-state index contributed by atoms with van der Waals surface area (Å²) in [5.74, 6) is 0.207. The molecule has 9 nitrogen and oxygen atoms in total. The number of ether oxygens (including phenoxy) is 1. The monoisotopic (exact) mass is 394 g/mol. The van der Waals surface area contributed by atoms with Crippen LogP contribution in [0.2, 0.25) is 0 Å². The second kappa shape index (κ2) is 9.98. The number of rotatable bonds is 8. The zero-order valence-electron chi connectivity index (χ0n) is 16.0. The number of carbonyl (C=O) groups is 2. The quantitative estimate of drug-likeness (QED) is 0.446. The molecule has 0 unspecified atom stereocenters. The lowest BCUT2D eigenvalue weighted by Crippen LogP contribution is -2.43. The fourth-order valence-corrected chi connectivity index (χ4v) is 2.42. The van der Waals surface area contributed by atoms with Crippen LogP contribution in [0.15, 0.2) is 54.6 Å². The van der Waals surface area contributed by atoms with Gasteiger partial charge in [0.05, 0.1) is 6.61 Å². The molecule has 0 saturated carbocycles. The van der Waals surface area contributed by atoms with Crippen LogP contribution in [0.4, 0.5) is 0 Å². The molecule has 0 aliphatic rings. The first-order valence-corrected chi connectivity index (χ1v) is 9.31. The number of carbonyl (C=O) groups excluding carboxylic acids is 2. The van der Waals surface area contributed by atoms with E-state index in [1.54, 1.807) is 24.3 Å². The average molecular weight is 394 g/mol. The van der Waals surface area contributed by atoms with E-state index in [4.69, 9.17) is 4.74 Å². The lowest BCUT2D eigenvalue weighted by Gasteiger charge is -2.08. The Kier molecular flexibility index (Phi) is 6.88. The summed E-state index contributed by atoms with van der Waals surface area (Å²) in [4.78, 5) is 25.3. The third kappa shape index (κ3) is 5.86. The number of hydrogen-bond acceptors (Lipinski definition) is 6. The normalized spacial score (nSPS) is 10.4. The molecule has 9 heteroatoms. The molecule has 0 fully saturated rings. The first kappa shape index (κ1) is 20.0. The smallest absolute Gasteiger partial charge is 0.269 e. The molecule has 0 saturated heterocycles. The van der Waals surface area contributed by atoms with Crippen LogP contribution in [0.25, 0.3) is 11.4 Å². The second-order valence-electron chi connectivity index (χ2n) is 6.24. The Morgan fingerprint density at radius 1 is 1.03 bits per heavy atom. The molecule has 0 spiro atoms. The van der Waals surface area contributed by atoms with E-state index in [0.717, 1.165) is 23.2 Å². The summed E-state index contributed by atoms with van der Waals surface area (Å²) in [6.45, 7) is 2.55. The third-order valence-corrected chi connectivity index (χ3v) is 3.97. The van der Waals surface area contributed by atoms with E-state index in [0.29, 0.717) is 23.7 Å². The summed E-state index contributed by atoms with van der Waals surface area (Å²) in [6.07, 6.45) is 2.03. The maximum Gasteiger partial charge on any atom is 0.269 e. The van der Waals surface area contributed by atoms with Gasteiger partial charge in [-0.15, -0.1) is 10.2 Å². The fraction of sp³-hybridized carbons (Fsp3) is 0.250. The van der Waals surface area contributed by atoms with Crippen molar-refractivity contribution in [1.29, 1.82) is 0 Å². The Hall–Kier alpha value is -3.75. The number of unbranched alkanes of at least 4 members (excludes halogenated alkanes) is 1. The van der Waals surface area contributed by atoms with E-state index >= 15 is 0 Å². The largest absolute Gasteiger partial charge is 0.494 e. The number of tetrazole rings is 1. The topological polar surface area (TPSA) is 111 Å². The van der Waals surface area contributed by atoms with Crippen molar-refractivity contribution in [3.63, 3.8) is 0 Å². The summed E-state index contributed by atoms with van der Waals surface area (Å²) < 4.78 is 5.56. The van der Waals surface area contributed by atoms with Crippen molar-refractivity contribution in [2.45, 2.75) is 26.3 Å². The van der Waals surface area contributed by atoms with Crippen LogP contribution in [0.5, 0.6) is 5.75 Å². The number of hydrogen-bond donors (Lipinski definition) is 2. The zero-order valence-corrected chi connectivity index (χ0v) is 16.0. The zero-order chi connectivity index (χ0) is 20.5. The molecule has 1 aromatic heterocycles. The van der Waals surface area contributed by atoms with Gasteiger partial charge < -0.3 is 4.74 Å². The Labute approximate surface area is 168 Å². The number of benzene rings is 2. The van der Waals surface area contributed by atoms with Crippen molar-refractivity contribution >= 4 is 11.8 Å². The molecule has 150 valence electrons. The van der Waals surface area contributed by atoms with Gasteiger partial charge in [0, 0.05) is 11.1 Å². The number of amides is 2. The van der Waals surface area contributed by atoms with E-state index < -0.39 is 11.8 Å². The summed E-state index contributed by atoms with van der Waals surface area (Å²) in [5.41, 5.74) is 5.90. The van der Waals surface area contributed by atoms with Gasteiger partial charge >= 0.3 is 0 Å². The number of aromatic nitrogens is 4. The predicted molar refractivity (Wildman–Crippen MR) is 106 cm³/mol. The maximum absolute atomic E-state index is 12.1. The van der Waals surface area contributed by atoms with E-state index in [-0.39, 0.29) is 6.54 Å². The molecule has 0 aliphatic carbocycles. The number of hydrazine groups is 1. The van der Waals surface area contributed by atoms with Crippen LogP contribution in [0.1, 0.15) is 30.1 Å². The molecular weight excluding hydrogens is 372 g/mol. The van der Waals surface area contributed by atoms with E-state index in [9.17, 15) is 9.59 Å². The first-order chi connectivity index (χ1) is 14.2. The van der Waals surface area contributed by atoms with Gasteiger partial charge in [0.2, 0.25) is 5.82 Å². The maximum atomic E-state index is 12.1. The van der Waals surface area contributed by atoms with Crippen LogP contribution < -0.4 is 15.6 Å². The summed E-state index contributed by atoms with van der Waals surface area (Å²) >= 11 is 0. The van der Waals surface area contributed by atoms with Crippen molar-refractivity contribution in [2.75, 3.05) is 6.61 Å². The van der Waals surface area contributed by atoms with Crippen molar-refractivity contribution in [1.82, 2.24) is 31.1 Å². The van der Waals surface area contributed by atoms with Crippen LogP contribution in [0, 0.1) is 0 Å². The Morgan fingerprint density at radius 3 is 2.52 bits per heavy atom. The summed E-state index contributed by atoms with van der Waals surface area (Å²) in [7, 11) is 0. The SMILES string of the molecule is CCCCOc1ccc(C(=O)NNC(=O)Cn2nnc(-c3ccccc3)n2)cc1. The highest BCUT2D eigenvalue weighted by atomic mass is 16.5. The molecule has 2 aromatic carbocycles. The third-order valence-electron chi connectivity index (χ3n) is 3.97. The highest BCUT2D eigenvalue weighted by Gasteiger charge is 2.11. The van der Waals surface area contributed by atoms with Crippen LogP contribution in [-0.2, 0) is 11.3 Å². The Bertz CT molecular complexity index is 940. The second-order valence-corrected chi connectivity index (χ2v) is 6.24. The number of nitrogens with zero attached hydrogens (tertiary/aromatic N) is 4. The molecule has 29 heavy (non-hydrogen) atoms. The van der Waals surface area contributed by atoms with Gasteiger partial charge in [-0.3, -0.25) is 20.4 Å². The lowest BCUT2D eigenvalue weighted by molar-refractivity contribution is -0.122. The van der Waals surface area contributed by atoms with E-state index in [2.05, 4.69) is 33.2 Å². The highest BCUT2D eigenvalue weighted by molar-refractivity contribution is 5.95. The molecule has 3 aromatic rings. The van der Waals surface area contributed by atoms with Gasteiger partial charge in [-0.2, -0.15) is 4.80 Å². The van der Waals surface area contributed by atoms with Crippen molar-refractivity contribution < 1.29 is 14.3 Å². The lowest BCUT2D eigenvalue weighted by atomic mass is 10.2. The molecule has 3 rings (SSSR count). The van der Waals surface area contributed by atoms with E-state index in [1.165, 1.54) is 0 Å². The van der Waals surface area contributed by atoms with Crippen molar-refractivity contribution in [2.24, 2.45) is 0 Å². The van der Waals surface area contributed by atoms with Gasteiger partial charge in [0.15, 0.2) is 0 Å². The van der Waals surface area contributed by atoms with Crippen LogP contribution in [-0.4, -0.2) is 38.6 Å². The van der Waals surface area contributed by atoms with Gasteiger partial charge in [-0.25, -0.2) is 0 Å². The Balaban J connectivity index is 1.46. The van der Waals surface area contributed by atoms with Crippen molar-refractivity contribution in [3.05, 3.63) is 60.2 Å². The molecular formula is C20H22N6O3. The molecule has 1 heterocycles. The van der Waals surface area contributed by atoms with Gasteiger partial charge in [0.1, 0.15) is 12.3 Å². The van der Waals surface area contributed by atoms with Crippen molar-refractivity contribution in [3.8, 4) is 17.1 Å². The fourth-order valence-electron chi connectivity index (χ4n) is 2.42. The molecule has 0 bridgehead atoms. The molecule has 0 radical (unpaired) electrons. The van der Waals surface area contributed by atoms with Crippen LogP contribution >= 0.6 is 0 Å². The minimum absolute atomic E-state index is 0.176. The van der Waals surface area contributed by atoms with Gasteiger partial charge in [-0.1, -0.05) is 43.7 Å². The molecule has 0 atom stereocenters. The minimum Gasteiger partial charge on any atom is -0.494 e. The summed E-state index contributed by atoms with van der Waals surface area (Å²) in [6, 6.07) is 16.0. The number of nitrogens with one attached hydrogen (secondary N) is 2. The molecule has 2 amide bonds. The summed E-state index contributed by atoms with van der Waals surface area (Å²) in [5, 5.41) is 11.9. The van der Waals surface area contributed by atoms with E-state index in [1.807, 2.05) is 30.3 Å². The first-order valence-electron chi connectivity index (χ1n) is 9.31. The highest BCUT2D eigenvalue weighted by Crippen LogP contribution is 2.13. The predicted octanol–water partition coefficient (Wildman–Crippen LogP) is 1.98. The molecule has 0 aliphatic heterocycles. The molecule has 2 N–H and O–H groups in total. The van der Waals surface area contributed by atoms with Crippen LogP contribution in [0.3, 0.4) is 0 Å². The standard InChI is InChI=1S/C20H22N6O3/c1-2-3-13-29-17-11-9-16(10-12-17)20(28)23-21-18(27)14-26-24-19(22-25-26)15-7-5-4-6-8-15/h4-12H,2-3,13-14H2,1H3,(H,21,27)(H,23,28). The minimum atomic E-state index is -0.477.